The van der Waals surface area contributed by atoms with Gasteiger partial charge >= 0.3 is 0 Å². The molecule has 1 aromatic rings. The Morgan fingerprint density at radius 3 is 2.89 bits per heavy atom. The van der Waals surface area contributed by atoms with Crippen LogP contribution in [0.1, 0.15) is 30.9 Å². The van der Waals surface area contributed by atoms with E-state index in [0.717, 1.165) is 13.1 Å². The molecule has 1 heterocycles. The van der Waals surface area contributed by atoms with E-state index in [2.05, 4.69) is 61.1 Å². The highest BCUT2D eigenvalue weighted by Crippen LogP contribution is 2.27. The van der Waals surface area contributed by atoms with Crippen molar-refractivity contribution in [2.45, 2.75) is 39.3 Å². The van der Waals surface area contributed by atoms with Gasteiger partial charge in [0.1, 0.15) is 0 Å². The number of hydrogen-bond acceptors (Lipinski definition) is 3. The first-order chi connectivity index (χ1) is 9.22. The second kappa shape index (κ2) is 7.20. The molecule has 0 aliphatic carbocycles. The van der Waals surface area contributed by atoms with E-state index >= 15 is 0 Å². The minimum atomic E-state index is 0.716. The van der Waals surface area contributed by atoms with Crippen LogP contribution in [-0.4, -0.2) is 31.1 Å². The molecule has 19 heavy (non-hydrogen) atoms. The number of hydrogen-bond donors (Lipinski definition) is 1. The van der Waals surface area contributed by atoms with Crippen LogP contribution in [0.15, 0.2) is 18.2 Å². The molecule has 0 amide bonds. The molecule has 1 aliphatic rings. The van der Waals surface area contributed by atoms with Gasteiger partial charge in [-0.1, -0.05) is 13.0 Å². The Labute approximate surface area is 122 Å². The molecule has 1 aromatic carbocycles. The fourth-order valence-corrected chi connectivity index (χ4v) is 3.80. The van der Waals surface area contributed by atoms with E-state index < -0.39 is 0 Å². The number of thioether (sulfide) groups is 1. The molecule has 2 rings (SSSR count). The Kier molecular flexibility index (Phi) is 5.59. The van der Waals surface area contributed by atoms with Crippen LogP contribution in [-0.2, 0) is 6.54 Å². The van der Waals surface area contributed by atoms with Gasteiger partial charge in [0.15, 0.2) is 0 Å². The topological polar surface area (TPSA) is 15.3 Å². The van der Waals surface area contributed by atoms with Crippen LogP contribution in [0, 0.1) is 6.92 Å². The molecule has 0 saturated carbocycles. The molecule has 0 bridgehead atoms. The van der Waals surface area contributed by atoms with Crippen molar-refractivity contribution in [3.63, 3.8) is 0 Å². The maximum absolute atomic E-state index is 3.48. The Bertz CT molecular complexity index is 400. The minimum Gasteiger partial charge on any atom is -0.371 e. The lowest BCUT2D eigenvalue weighted by atomic mass is 10.1. The molecule has 1 N–H and O–H groups in total. The summed E-state index contributed by atoms with van der Waals surface area (Å²) in [6.45, 7) is 6.52. The van der Waals surface area contributed by atoms with Gasteiger partial charge in [0.25, 0.3) is 0 Å². The lowest BCUT2D eigenvalue weighted by Crippen LogP contribution is -2.31. The van der Waals surface area contributed by atoms with E-state index in [0.29, 0.717) is 6.04 Å². The third-order valence-corrected chi connectivity index (χ3v) is 5.07. The molecular weight excluding hydrogens is 252 g/mol. The molecular formula is C16H26N2S. The molecule has 1 aliphatic heterocycles. The molecule has 3 heteroatoms. The van der Waals surface area contributed by atoms with Crippen molar-refractivity contribution >= 4 is 17.4 Å². The lowest BCUT2D eigenvalue weighted by molar-refractivity contribution is 0.672. The molecule has 0 spiro atoms. The van der Waals surface area contributed by atoms with Crippen molar-refractivity contribution in [2.24, 2.45) is 0 Å². The number of rotatable bonds is 6. The van der Waals surface area contributed by atoms with Gasteiger partial charge in [0, 0.05) is 31.1 Å². The Balaban J connectivity index is 2.00. The summed E-state index contributed by atoms with van der Waals surface area (Å²) in [4.78, 5) is 2.45. The number of benzene rings is 1. The second-order valence-corrected chi connectivity index (χ2v) is 6.57. The van der Waals surface area contributed by atoms with Gasteiger partial charge in [-0.15, -0.1) is 0 Å². The van der Waals surface area contributed by atoms with Gasteiger partial charge in [-0.2, -0.15) is 11.8 Å². The predicted octanol–water partition coefficient (Wildman–Crippen LogP) is 3.44. The van der Waals surface area contributed by atoms with E-state index in [1.165, 1.54) is 41.2 Å². The van der Waals surface area contributed by atoms with Gasteiger partial charge in [0.2, 0.25) is 0 Å². The van der Waals surface area contributed by atoms with Gasteiger partial charge < -0.3 is 10.2 Å². The minimum absolute atomic E-state index is 0.716. The molecule has 106 valence electrons. The Morgan fingerprint density at radius 1 is 1.42 bits per heavy atom. The van der Waals surface area contributed by atoms with E-state index in [9.17, 15) is 0 Å². The van der Waals surface area contributed by atoms with E-state index in [1.807, 2.05) is 0 Å². The number of nitrogens with one attached hydrogen (secondary N) is 1. The standard InChI is InChI=1S/C16H26N2S/c1-4-8-17-11-14-5-6-15(10-13(14)2)18(3)16-7-9-19-12-16/h5-6,10,16-17H,4,7-9,11-12H2,1-3H3. The predicted molar refractivity (Wildman–Crippen MR) is 87.3 cm³/mol. The summed E-state index contributed by atoms with van der Waals surface area (Å²) in [7, 11) is 2.24. The first kappa shape index (κ1) is 14.7. The van der Waals surface area contributed by atoms with Crippen LogP contribution in [0.4, 0.5) is 5.69 Å². The normalized spacial score (nSPS) is 18.8. The summed E-state index contributed by atoms with van der Waals surface area (Å²) in [5.41, 5.74) is 4.19. The smallest absolute Gasteiger partial charge is 0.0385 e. The van der Waals surface area contributed by atoms with E-state index in [4.69, 9.17) is 0 Å². The zero-order chi connectivity index (χ0) is 13.7. The highest BCUT2D eigenvalue weighted by Gasteiger charge is 2.20. The quantitative estimate of drug-likeness (QED) is 0.803. The summed E-state index contributed by atoms with van der Waals surface area (Å²) < 4.78 is 0. The maximum atomic E-state index is 3.48. The van der Waals surface area contributed by atoms with Gasteiger partial charge in [-0.05, 0) is 55.3 Å². The Hall–Kier alpha value is -0.670. The zero-order valence-corrected chi connectivity index (χ0v) is 13.2. The fourth-order valence-electron chi connectivity index (χ4n) is 2.54. The largest absolute Gasteiger partial charge is 0.371 e. The van der Waals surface area contributed by atoms with Gasteiger partial charge in [-0.25, -0.2) is 0 Å². The second-order valence-electron chi connectivity index (χ2n) is 5.42. The first-order valence-electron chi connectivity index (χ1n) is 7.33. The SMILES string of the molecule is CCCNCc1ccc(N(C)C2CCSC2)cc1C. The van der Waals surface area contributed by atoms with Gasteiger partial charge in [-0.3, -0.25) is 0 Å². The molecule has 1 unspecified atom stereocenters. The summed E-state index contributed by atoms with van der Waals surface area (Å²) >= 11 is 2.07. The molecule has 0 aromatic heterocycles. The number of aryl methyl sites for hydroxylation is 1. The molecule has 2 nitrogen and oxygen atoms in total. The van der Waals surface area contributed by atoms with Crippen LogP contribution in [0.3, 0.4) is 0 Å². The van der Waals surface area contributed by atoms with Crippen molar-refractivity contribution in [3.05, 3.63) is 29.3 Å². The van der Waals surface area contributed by atoms with Crippen molar-refractivity contribution < 1.29 is 0 Å². The summed E-state index contributed by atoms with van der Waals surface area (Å²) in [5.74, 6) is 2.59. The highest BCUT2D eigenvalue weighted by molar-refractivity contribution is 7.99. The maximum Gasteiger partial charge on any atom is 0.0385 e. The van der Waals surface area contributed by atoms with Crippen molar-refractivity contribution in [1.29, 1.82) is 0 Å². The van der Waals surface area contributed by atoms with E-state index in [-0.39, 0.29) is 0 Å². The summed E-state index contributed by atoms with van der Waals surface area (Å²) in [5, 5.41) is 3.48. The van der Waals surface area contributed by atoms with Crippen LogP contribution in [0.2, 0.25) is 0 Å². The molecule has 1 fully saturated rings. The van der Waals surface area contributed by atoms with Crippen molar-refractivity contribution in [2.75, 3.05) is 30.0 Å². The van der Waals surface area contributed by atoms with Crippen molar-refractivity contribution in [3.8, 4) is 0 Å². The summed E-state index contributed by atoms with van der Waals surface area (Å²) in [6.07, 6.45) is 2.51. The average Bonchev–Trinajstić information content (AvgIpc) is 2.94. The molecule has 0 radical (unpaired) electrons. The third kappa shape index (κ3) is 3.90. The number of nitrogens with zero attached hydrogens (tertiary/aromatic N) is 1. The first-order valence-corrected chi connectivity index (χ1v) is 8.48. The Morgan fingerprint density at radius 2 is 2.26 bits per heavy atom. The monoisotopic (exact) mass is 278 g/mol. The van der Waals surface area contributed by atoms with Crippen LogP contribution >= 0.6 is 11.8 Å². The van der Waals surface area contributed by atoms with Crippen LogP contribution in [0.25, 0.3) is 0 Å². The lowest BCUT2D eigenvalue weighted by Gasteiger charge is -2.26. The van der Waals surface area contributed by atoms with Crippen LogP contribution < -0.4 is 10.2 Å². The highest BCUT2D eigenvalue weighted by atomic mass is 32.2. The zero-order valence-electron chi connectivity index (χ0n) is 12.4. The number of anilines is 1. The van der Waals surface area contributed by atoms with Gasteiger partial charge in [0.05, 0.1) is 0 Å². The van der Waals surface area contributed by atoms with E-state index in [1.54, 1.807) is 0 Å². The van der Waals surface area contributed by atoms with Crippen molar-refractivity contribution in [1.82, 2.24) is 5.32 Å². The molecule has 1 atom stereocenters. The third-order valence-electron chi connectivity index (χ3n) is 3.93. The van der Waals surface area contributed by atoms with Crippen LogP contribution in [0.5, 0.6) is 0 Å². The average molecular weight is 278 g/mol. The molecule has 1 saturated heterocycles. The summed E-state index contributed by atoms with van der Waals surface area (Å²) in [6, 6.07) is 7.62. The fraction of sp³-hybridized carbons (Fsp3) is 0.625.